The summed E-state index contributed by atoms with van der Waals surface area (Å²) in [7, 11) is 0. The SMILES string of the molecule is CCn1cc(Oc2nccc(CCl)c2F)cn1. The molecule has 0 bridgehead atoms. The van der Waals surface area contributed by atoms with Crippen molar-refractivity contribution in [3.63, 3.8) is 0 Å². The van der Waals surface area contributed by atoms with Crippen molar-refractivity contribution in [1.29, 1.82) is 0 Å². The van der Waals surface area contributed by atoms with Gasteiger partial charge in [-0.15, -0.1) is 11.6 Å². The summed E-state index contributed by atoms with van der Waals surface area (Å²) in [6.45, 7) is 2.67. The van der Waals surface area contributed by atoms with E-state index in [1.54, 1.807) is 10.9 Å². The van der Waals surface area contributed by atoms with Crippen LogP contribution < -0.4 is 4.74 Å². The lowest BCUT2D eigenvalue weighted by Gasteiger charge is -2.05. The molecular weight excluding hydrogens is 245 g/mol. The van der Waals surface area contributed by atoms with E-state index in [2.05, 4.69) is 10.1 Å². The highest BCUT2D eigenvalue weighted by Crippen LogP contribution is 2.24. The molecule has 4 nitrogen and oxygen atoms in total. The highest BCUT2D eigenvalue weighted by Gasteiger charge is 2.11. The Bertz CT molecular complexity index is 515. The maximum Gasteiger partial charge on any atom is 0.256 e. The molecule has 0 saturated carbocycles. The van der Waals surface area contributed by atoms with E-state index in [1.807, 2.05) is 6.92 Å². The van der Waals surface area contributed by atoms with Crippen LogP contribution in [0.4, 0.5) is 4.39 Å². The summed E-state index contributed by atoms with van der Waals surface area (Å²) in [6, 6.07) is 1.52. The molecule has 0 aromatic carbocycles. The Balaban J connectivity index is 2.23. The zero-order valence-electron chi connectivity index (χ0n) is 9.23. The van der Waals surface area contributed by atoms with Gasteiger partial charge in [-0.3, -0.25) is 4.68 Å². The van der Waals surface area contributed by atoms with Crippen LogP contribution in [0.25, 0.3) is 0 Å². The fourth-order valence-electron chi connectivity index (χ4n) is 1.32. The minimum atomic E-state index is -0.535. The first kappa shape index (κ1) is 11.9. The summed E-state index contributed by atoms with van der Waals surface area (Å²) in [6.07, 6.45) is 4.65. The van der Waals surface area contributed by atoms with Crippen LogP contribution in [0.15, 0.2) is 24.7 Å². The number of aromatic nitrogens is 3. The first-order valence-electron chi connectivity index (χ1n) is 5.14. The third-order valence-electron chi connectivity index (χ3n) is 2.23. The topological polar surface area (TPSA) is 39.9 Å². The molecule has 0 radical (unpaired) electrons. The van der Waals surface area contributed by atoms with Crippen molar-refractivity contribution in [1.82, 2.24) is 14.8 Å². The van der Waals surface area contributed by atoms with E-state index in [9.17, 15) is 4.39 Å². The third kappa shape index (κ3) is 2.55. The molecule has 0 unspecified atom stereocenters. The van der Waals surface area contributed by atoms with E-state index in [0.29, 0.717) is 11.3 Å². The van der Waals surface area contributed by atoms with Crippen LogP contribution in [0.5, 0.6) is 11.6 Å². The van der Waals surface area contributed by atoms with Gasteiger partial charge in [0.25, 0.3) is 5.88 Å². The number of hydrogen-bond acceptors (Lipinski definition) is 3. The summed E-state index contributed by atoms with van der Waals surface area (Å²) in [4.78, 5) is 3.82. The molecule has 0 saturated heterocycles. The Morgan fingerprint density at radius 2 is 2.35 bits per heavy atom. The molecule has 0 N–H and O–H groups in total. The number of nitrogens with zero attached hydrogens (tertiary/aromatic N) is 3. The Morgan fingerprint density at radius 3 is 3.00 bits per heavy atom. The van der Waals surface area contributed by atoms with Crippen LogP contribution in [-0.4, -0.2) is 14.8 Å². The van der Waals surface area contributed by atoms with E-state index in [0.717, 1.165) is 6.54 Å². The minimum absolute atomic E-state index is 0.0823. The van der Waals surface area contributed by atoms with Crippen molar-refractivity contribution >= 4 is 11.6 Å². The number of alkyl halides is 1. The van der Waals surface area contributed by atoms with Gasteiger partial charge < -0.3 is 4.74 Å². The monoisotopic (exact) mass is 255 g/mol. The van der Waals surface area contributed by atoms with Crippen molar-refractivity contribution in [2.24, 2.45) is 0 Å². The van der Waals surface area contributed by atoms with Gasteiger partial charge in [-0.05, 0) is 13.0 Å². The number of hydrogen-bond donors (Lipinski definition) is 0. The van der Waals surface area contributed by atoms with Crippen molar-refractivity contribution in [2.45, 2.75) is 19.3 Å². The number of ether oxygens (including phenoxy) is 1. The predicted octanol–water partition coefficient (Wildman–Crippen LogP) is 2.97. The fourth-order valence-corrected chi connectivity index (χ4v) is 1.52. The van der Waals surface area contributed by atoms with E-state index >= 15 is 0 Å². The summed E-state index contributed by atoms with van der Waals surface area (Å²) < 4.78 is 20.7. The normalized spacial score (nSPS) is 10.5. The van der Waals surface area contributed by atoms with E-state index in [1.165, 1.54) is 18.5 Å². The van der Waals surface area contributed by atoms with Crippen LogP contribution >= 0.6 is 11.6 Å². The van der Waals surface area contributed by atoms with E-state index in [4.69, 9.17) is 16.3 Å². The molecule has 17 heavy (non-hydrogen) atoms. The average Bonchev–Trinajstić information content (AvgIpc) is 2.79. The predicted molar refractivity (Wildman–Crippen MR) is 61.7 cm³/mol. The van der Waals surface area contributed by atoms with Gasteiger partial charge in [-0.25, -0.2) is 9.37 Å². The maximum atomic E-state index is 13.7. The van der Waals surface area contributed by atoms with Crippen molar-refractivity contribution in [3.05, 3.63) is 36.0 Å². The minimum Gasteiger partial charge on any atom is -0.433 e. The summed E-state index contributed by atoms with van der Waals surface area (Å²) >= 11 is 5.59. The van der Waals surface area contributed by atoms with Gasteiger partial charge in [0.2, 0.25) is 0 Å². The molecule has 0 atom stereocenters. The Labute approximate surface area is 103 Å². The van der Waals surface area contributed by atoms with Crippen molar-refractivity contribution in [2.75, 3.05) is 0 Å². The molecule has 0 fully saturated rings. The summed E-state index contributed by atoms with van der Waals surface area (Å²) in [5, 5.41) is 4.02. The van der Waals surface area contributed by atoms with Gasteiger partial charge in [0.1, 0.15) is 0 Å². The second-order valence-electron chi connectivity index (χ2n) is 3.36. The van der Waals surface area contributed by atoms with E-state index in [-0.39, 0.29) is 11.8 Å². The molecule has 0 amide bonds. The molecule has 2 rings (SSSR count). The molecule has 90 valence electrons. The number of rotatable bonds is 4. The Hall–Kier alpha value is -1.62. The lowest BCUT2D eigenvalue weighted by Crippen LogP contribution is -1.95. The van der Waals surface area contributed by atoms with Crippen LogP contribution in [0.1, 0.15) is 12.5 Å². The second kappa shape index (κ2) is 5.14. The van der Waals surface area contributed by atoms with Crippen molar-refractivity contribution < 1.29 is 9.13 Å². The first-order chi connectivity index (χ1) is 8.24. The quantitative estimate of drug-likeness (QED) is 0.789. The highest BCUT2D eigenvalue weighted by molar-refractivity contribution is 6.17. The summed E-state index contributed by atoms with van der Waals surface area (Å²) in [5.41, 5.74) is 0.361. The van der Waals surface area contributed by atoms with Crippen molar-refractivity contribution in [3.8, 4) is 11.6 Å². The molecule has 2 aromatic heterocycles. The molecule has 6 heteroatoms. The molecule has 2 aromatic rings. The first-order valence-corrected chi connectivity index (χ1v) is 5.67. The van der Waals surface area contributed by atoms with Gasteiger partial charge in [0.05, 0.1) is 18.3 Å². The number of pyridine rings is 1. The zero-order chi connectivity index (χ0) is 12.3. The van der Waals surface area contributed by atoms with Crippen LogP contribution in [0.2, 0.25) is 0 Å². The van der Waals surface area contributed by atoms with Gasteiger partial charge in [-0.1, -0.05) is 0 Å². The van der Waals surface area contributed by atoms with Crippen LogP contribution in [-0.2, 0) is 12.4 Å². The number of halogens is 2. The van der Waals surface area contributed by atoms with E-state index < -0.39 is 5.82 Å². The molecule has 0 aliphatic heterocycles. The highest BCUT2D eigenvalue weighted by atomic mass is 35.5. The molecule has 0 aliphatic rings. The maximum absolute atomic E-state index is 13.7. The molecular formula is C11H11ClFN3O. The lowest BCUT2D eigenvalue weighted by molar-refractivity contribution is 0.419. The van der Waals surface area contributed by atoms with Gasteiger partial charge in [0.15, 0.2) is 11.6 Å². The third-order valence-corrected chi connectivity index (χ3v) is 2.52. The zero-order valence-corrected chi connectivity index (χ0v) is 9.99. The largest absolute Gasteiger partial charge is 0.433 e. The number of aryl methyl sites for hydroxylation is 1. The molecule has 0 spiro atoms. The molecule has 2 heterocycles. The fraction of sp³-hybridized carbons (Fsp3) is 0.273. The van der Waals surface area contributed by atoms with Gasteiger partial charge >= 0.3 is 0 Å². The summed E-state index contributed by atoms with van der Waals surface area (Å²) in [5.74, 6) is -0.0885. The smallest absolute Gasteiger partial charge is 0.256 e. The molecule has 0 aliphatic carbocycles. The standard InChI is InChI=1S/C11H11ClFN3O/c1-2-16-7-9(6-15-16)17-11-10(13)8(5-12)3-4-14-11/h3-4,6-7H,2,5H2,1H3. The van der Waals surface area contributed by atoms with Crippen LogP contribution in [0.3, 0.4) is 0 Å². The van der Waals surface area contributed by atoms with Gasteiger partial charge in [-0.2, -0.15) is 5.10 Å². The average molecular weight is 256 g/mol. The van der Waals surface area contributed by atoms with Crippen LogP contribution in [0, 0.1) is 5.82 Å². The Morgan fingerprint density at radius 1 is 1.53 bits per heavy atom. The Kier molecular flexibility index (Phi) is 3.58. The second-order valence-corrected chi connectivity index (χ2v) is 3.62. The lowest BCUT2D eigenvalue weighted by atomic mass is 10.3. The van der Waals surface area contributed by atoms with Gasteiger partial charge in [0, 0.05) is 18.3 Å².